The van der Waals surface area contributed by atoms with Crippen molar-refractivity contribution in [2.45, 2.75) is 369 Å². The molecule has 93 heavy (non-hydrogen) atoms. The van der Waals surface area contributed by atoms with Crippen molar-refractivity contribution >= 4 is 39.5 Å². The maximum Gasteiger partial charge on any atom is 0.472 e. The number of phosphoric ester groups is 2. The molecule has 4 unspecified atom stereocenters. The van der Waals surface area contributed by atoms with Gasteiger partial charge in [-0.1, -0.05) is 297 Å². The molecule has 3 N–H and O–H groups in total. The summed E-state index contributed by atoms with van der Waals surface area (Å²) in [5.41, 5.74) is 0. The third-order valence-electron chi connectivity index (χ3n) is 17.2. The summed E-state index contributed by atoms with van der Waals surface area (Å²) in [7, 11) is -9.92. The fourth-order valence-electron chi connectivity index (χ4n) is 10.6. The second-order valence-corrected chi connectivity index (χ2v) is 29.9. The van der Waals surface area contributed by atoms with Crippen LogP contribution in [0, 0.1) is 17.8 Å². The van der Waals surface area contributed by atoms with E-state index < -0.39 is 97.5 Å². The number of phosphoric acid groups is 2. The zero-order chi connectivity index (χ0) is 68.7. The third-order valence-corrected chi connectivity index (χ3v) is 19.1. The van der Waals surface area contributed by atoms with Crippen molar-refractivity contribution in [3.63, 3.8) is 0 Å². The predicted molar refractivity (Wildman–Crippen MR) is 377 cm³/mol. The fraction of sp³-hybridized carbons (Fsp3) is 0.892. The lowest BCUT2D eigenvalue weighted by Crippen LogP contribution is -2.30. The number of aliphatic hydroxyl groups excluding tert-OH is 1. The Labute approximate surface area is 567 Å². The van der Waals surface area contributed by atoms with Gasteiger partial charge in [0.05, 0.1) is 26.4 Å². The van der Waals surface area contributed by atoms with Gasteiger partial charge >= 0.3 is 39.5 Å². The molecule has 0 aromatic carbocycles. The van der Waals surface area contributed by atoms with Crippen molar-refractivity contribution in [3.8, 4) is 0 Å². The van der Waals surface area contributed by atoms with Gasteiger partial charge in [-0.05, 0) is 69.1 Å². The van der Waals surface area contributed by atoms with Crippen LogP contribution < -0.4 is 0 Å². The molecular formula is C74H140O17P2. The van der Waals surface area contributed by atoms with E-state index in [0.717, 1.165) is 127 Å². The van der Waals surface area contributed by atoms with Gasteiger partial charge in [0.2, 0.25) is 0 Å². The van der Waals surface area contributed by atoms with Gasteiger partial charge in [-0.25, -0.2) is 9.13 Å². The Morgan fingerprint density at radius 1 is 0.355 bits per heavy atom. The van der Waals surface area contributed by atoms with E-state index in [4.69, 9.17) is 37.0 Å². The Morgan fingerprint density at radius 3 is 0.957 bits per heavy atom. The van der Waals surface area contributed by atoms with E-state index in [1.165, 1.54) is 135 Å². The van der Waals surface area contributed by atoms with Crippen LogP contribution in [0.4, 0.5) is 0 Å². The smallest absolute Gasteiger partial charge is 0.462 e. The first-order valence-corrected chi connectivity index (χ1v) is 40.7. The summed E-state index contributed by atoms with van der Waals surface area (Å²) in [5, 5.41) is 10.6. The molecule has 0 aromatic heterocycles. The molecule has 0 fully saturated rings. The minimum Gasteiger partial charge on any atom is -0.462 e. The van der Waals surface area contributed by atoms with E-state index in [2.05, 4.69) is 72.8 Å². The molecule has 548 valence electrons. The maximum atomic E-state index is 13.0. The molecule has 0 saturated heterocycles. The highest BCUT2D eigenvalue weighted by molar-refractivity contribution is 7.47. The van der Waals surface area contributed by atoms with Crippen molar-refractivity contribution < 1.29 is 80.2 Å². The van der Waals surface area contributed by atoms with Gasteiger partial charge in [0.15, 0.2) is 12.2 Å². The van der Waals surface area contributed by atoms with Crippen molar-refractivity contribution in [3.05, 3.63) is 24.3 Å². The molecule has 0 aliphatic carbocycles. The van der Waals surface area contributed by atoms with Crippen LogP contribution in [0.5, 0.6) is 0 Å². The van der Waals surface area contributed by atoms with Crippen LogP contribution in [0.1, 0.15) is 350 Å². The molecule has 17 nitrogen and oxygen atoms in total. The highest BCUT2D eigenvalue weighted by atomic mass is 31.2. The van der Waals surface area contributed by atoms with Gasteiger partial charge in [-0.15, -0.1) is 0 Å². The zero-order valence-corrected chi connectivity index (χ0v) is 62.0. The molecular weight excluding hydrogens is 1220 g/mol. The Kier molecular flexibility index (Phi) is 62.5. The summed E-state index contributed by atoms with van der Waals surface area (Å²) in [4.78, 5) is 72.6. The van der Waals surface area contributed by atoms with Crippen molar-refractivity contribution in [2.75, 3.05) is 39.6 Å². The van der Waals surface area contributed by atoms with Crippen LogP contribution in [0.2, 0.25) is 0 Å². The molecule has 0 aromatic rings. The van der Waals surface area contributed by atoms with Crippen LogP contribution in [0.15, 0.2) is 24.3 Å². The summed E-state index contributed by atoms with van der Waals surface area (Å²) in [6, 6.07) is 0. The predicted octanol–water partition coefficient (Wildman–Crippen LogP) is 21.0. The van der Waals surface area contributed by atoms with Crippen LogP contribution in [-0.4, -0.2) is 96.7 Å². The van der Waals surface area contributed by atoms with E-state index in [-0.39, 0.29) is 25.7 Å². The molecule has 0 heterocycles. The Hall–Kier alpha value is -2.46. The Balaban J connectivity index is 5.24. The molecule has 0 spiro atoms. The topological polar surface area (TPSA) is 237 Å². The zero-order valence-electron chi connectivity index (χ0n) is 60.2. The van der Waals surface area contributed by atoms with E-state index in [9.17, 15) is 43.2 Å². The van der Waals surface area contributed by atoms with Crippen LogP contribution >= 0.6 is 15.6 Å². The van der Waals surface area contributed by atoms with Gasteiger partial charge < -0.3 is 33.8 Å². The van der Waals surface area contributed by atoms with Gasteiger partial charge in [0.25, 0.3) is 0 Å². The monoisotopic (exact) mass is 1360 g/mol. The van der Waals surface area contributed by atoms with E-state index in [0.29, 0.717) is 31.6 Å². The number of ether oxygens (including phenoxy) is 4. The van der Waals surface area contributed by atoms with Gasteiger partial charge in [-0.3, -0.25) is 37.3 Å². The molecule has 0 bridgehead atoms. The summed E-state index contributed by atoms with van der Waals surface area (Å²) in [5.74, 6) is 0.111. The summed E-state index contributed by atoms with van der Waals surface area (Å²) >= 11 is 0. The minimum atomic E-state index is -4.96. The van der Waals surface area contributed by atoms with Crippen molar-refractivity contribution in [2.24, 2.45) is 17.8 Å². The molecule has 0 radical (unpaired) electrons. The fourth-order valence-corrected chi connectivity index (χ4v) is 12.2. The summed E-state index contributed by atoms with van der Waals surface area (Å²) in [6.45, 7) is 11.8. The van der Waals surface area contributed by atoms with Crippen LogP contribution in [0.25, 0.3) is 0 Å². The highest BCUT2D eigenvalue weighted by Crippen LogP contribution is 2.45. The van der Waals surface area contributed by atoms with E-state index >= 15 is 0 Å². The molecule has 0 rings (SSSR count). The highest BCUT2D eigenvalue weighted by Gasteiger charge is 2.30. The number of aliphatic hydroxyl groups is 1. The average Bonchev–Trinajstić information content (AvgIpc) is 1.79. The number of carbonyl (C=O) groups excluding carboxylic acids is 4. The van der Waals surface area contributed by atoms with Crippen LogP contribution in [0.3, 0.4) is 0 Å². The molecule has 0 aliphatic heterocycles. The lowest BCUT2D eigenvalue weighted by atomic mass is 9.99. The Bertz CT molecular complexity index is 1920. The molecule has 0 saturated carbocycles. The average molecular weight is 1360 g/mol. The normalized spacial score (nSPS) is 14.9. The van der Waals surface area contributed by atoms with Crippen LogP contribution in [-0.2, 0) is 65.4 Å². The lowest BCUT2D eigenvalue weighted by molar-refractivity contribution is -0.161. The maximum absolute atomic E-state index is 13.0. The number of esters is 4. The number of allylic oxidation sites excluding steroid dienone is 4. The Morgan fingerprint density at radius 2 is 0.634 bits per heavy atom. The molecule has 19 heteroatoms. The molecule has 0 aliphatic rings. The second kappa shape index (κ2) is 64.2. The first-order valence-electron chi connectivity index (χ1n) is 37.7. The molecule has 7 atom stereocenters. The standard InChI is InChI=1S/C74H140O17P2/c1-8-11-12-13-14-15-16-17-18-22-25-28-33-41-48-55-71(76)84-61-69(91-74(79)58-51-44-35-30-31-38-45-52-65(4)5)63-88-92(80,81)86-59-68(75)60-87-93(82,83)89-64-70(62-85-72(77)56-49-42-37-36-40-47-54-67(7)10-3)90-73(78)57-50-43-34-29-26-23-20-19-21-24-27-32-39-46-53-66(6)9-2/h15-18,65-70,75H,8-14,19-64H2,1-7H3,(H,80,81)(H,82,83)/b16-15-,18-17-/t66?,67?,68-,69-,70-/m1/s1. The minimum absolute atomic E-state index is 0.0962. The van der Waals surface area contributed by atoms with E-state index in [1.807, 2.05) is 0 Å². The SMILES string of the molecule is CCCCCC/C=C\C=C/CCCCCCCC(=O)OC[C@H](COP(=O)(O)OC[C@@H](O)COP(=O)(O)OC[C@@H](COC(=O)CCCCCCCCC(C)CC)OC(=O)CCCCCCCCCCCCCCCCC(C)CC)OC(=O)CCCCCCCCCC(C)C. The van der Waals surface area contributed by atoms with Gasteiger partial charge in [0, 0.05) is 25.7 Å². The summed E-state index contributed by atoms with van der Waals surface area (Å²) < 4.78 is 68.3. The first kappa shape index (κ1) is 90.5. The quantitative estimate of drug-likeness (QED) is 0.0169. The van der Waals surface area contributed by atoms with E-state index in [1.54, 1.807) is 0 Å². The first-order chi connectivity index (χ1) is 44.8. The number of rotatable bonds is 70. The van der Waals surface area contributed by atoms with Gasteiger partial charge in [0.1, 0.15) is 19.3 Å². The third kappa shape index (κ3) is 65.3. The summed E-state index contributed by atoms with van der Waals surface area (Å²) in [6.07, 6.45) is 52.3. The number of hydrogen-bond acceptors (Lipinski definition) is 15. The van der Waals surface area contributed by atoms with Crippen molar-refractivity contribution in [1.29, 1.82) is 0 Å². The van der Waals surface area contributed by atoms with Gasteiger partial charge in [-0.2, -0.15) is 0 Å². The largest absolute Gasteiger partial charge is 0.472 e. The van der Waals surface area contributed by atoms with Crippen molar-refractivity contribution in [1.82, 2.24) is 0 Å². The molecule has 0 amide bonds. The second-order valence-electron chi connectivity index (χ2n) is 27.0. The number of hydrogen-bond donors (Lipinski definition) is 3. The number of carbonyl (C=O) groups is 4. The number of unbranched alkanes of at least 4 members (excludes halogenated alkanes) is 33. The lowest BCUT2D eigenvalue weighted by Gasteiger charge is -2.21.